The van der Waals surface area contributed by atoms with Gasteiger partial charge >= 0.3 is 0 Å². The maximum atomic E-state index is 11.6. The van der Waals surface area contributed by atoms with Gasteiger partial charge in [0.05, 0.1) is 6.10 Å². The first-order chi connectivity index (χ1) is 8.06. The number of carbonyl (C=O) groups is 1. The smallest absolute Gasteiger partial charge is 0.240 e. The highest BCUT2D eigenvalue weighted by Crippen LogP contribution is 2.40. The highest BCUT2D eigenvalue weighted by molar-refractivity contribution is 5.75. The molecule has 1 aromatic rings. The summed E-state index contributed by atoms with van der Waals surface area (Å²) in [6.45, 7) is 4.20. The van der Waals surface area contributed by atoms with Gasteiger partial charge in [-0.25, -0.2) is 0 Å². The molecule has 1 fully saturated rings. The van der Waals surface area contributed by atoms with E-state index in [0.29, 0.717) is 12.5 Å². The third kappa shape index (κ3) is 3.33. The van der Waals surface area contributed by atoms with Crippen LogP contribution in [0.4, 0.5) is 0 Å². The van der Waals surface area contributed by atoms with Crippen molar-refractivity contribution < 1.29 is 9.90 Å². The van der Waals surface area contributed by atoms with Crippen LogP contribution in [-0.2, 0) is 11.3 Å². The number of aromatic nitrogens is 1. The Morgan fingerprint density at radius 3 is 2.88 bits per heavy atom. The van der Waals surface area contributed by atoms with Gasteiger partial charge in [0, 0.05) is 18.4 Å². The van der Waals surface area contributed by atoms with Gasteiger partial charge in [-0.05, 0) is 44.2 Å². The molecule has 1 heterocycles. The second-order valence-electron chi connectivity index (χ2n) is 5.12. The maximum Gasteiger partial charge on any atom is 0.240 e. The van der Waals surface area contributed by atoms with Crippen LogP contribution in [0.1, 0.15) is 38.4 Å². The monoisotopic (exact) mass is 236 g/mol. The van der Waals surface area contributed by atoms with Crippen molar-refractivity contribution in [2.24, 2.45) is 5.92 Å². The first kappa shape index (κ1) is 12.2. The maximum absolute atomic E-state index is 11.6. The number of aliphatic hydroxyl groups is 1. The minimum absolute atomic E-state index is 0.00283. The minimum Gasteiger partial charge on any atom is -0.388 e. The van der Waals surface area contributed by atoms with Gasteiger partial charge in [-0.15, -0.1) is 0 Å². The fourth-order valence-electron chi connectivity index (χ4n) is 1.95. The van der Waals surface area contributed by atoms with Crippen molar-refractivity contribution in [2.45, 2.75) is 45.4 Å². The predicted molar refractivity (Wildman–Crippen MR) is 65.4 cm³/mol. The lowest BCUT2D eigenvalue weighted by Gasteiger charge is -2.09. The summed E-state index contributed by atoms with van der Waals surface area (Å²) in [5.41, 5.74) is 0.921. The topological polar surface area (TPSA) is 54.3 Å². The Balaban J connectivity index is 1.91. The van der Waals surface area contributed by atoms with Crippen LogP contribution in [0.15, 0.2) is 18.5 Å². The van der Waals surface area contributed by atoms with Gasteiger partial charge < -0.3 is 15.0 Å². The first-order valence-corrected chi connectivity index (χ1v) is 6.19. The molecule has 17 heavy (non-hydrogen) atoms. The summed E-state index contributed by atoms with van der Waals surface area (Å²) in [6.07, 6.45) is 5.58. The number of aliphatic hydroxyl groups excluding tert-OH is 1. The molecule has 94 valence electrons. The summed E-state index contributed by atoms with van der Waals surface area (Å²) in [5.74, 6) is 0.429. The molecule has 2 N–H and O–H groups in total. The Kier molecular flexibility index (Phi) is 3.52. The van der Waals surface area contributed by atoms with E-state index in [1.807, 2.05) is 36.9 Å². The van der Waals surface area contributed by atoms with Gasteiger partial charge in [-0.1, -0.05) is 0 Å². The van der Waals surface area contributed by atoms with Crippen molar-refractivity contribution in [3.05, 3.63) is 24.0 Å². The zero-order valence-electron chi connectivity index (χ0n) is 10.4. The van der Waals surface area contributed by atoms with Crippen molar-refractivity contribution in [3.63, 3.8) is 0 Å². The van der Waals surface area contributed by atoms with Crippen LogP contribution in [0.3, 0.4) is 0 Å². The Labute approximate surface area is 102 Å². The van der Waals surface area contributed by atoms with E-state index in [1.165, 1.54) is 0 Å². The van der Waals surface area contributed by atoms with Crippen LogP contribution in [0.2, 0.25) is 0 Å². The molecule has 0 aliphatic heterocycles. The Bertz CT molecular complexity index is 394. The van der Waals surface area contributed by atoms with Gasteiger partial charge in [0.25, 0.3) is 0 Å². The Morgan fingerprint density at radius 1 is 1.59 bits per heavy atom. The molecule has 1 saturated carbocycles. The number of amides is 1. The lowest BCUT2D eigenvalue weighted by Crippen LogP contribution is -2.32. The molecule has 1 aliphatic rings. The Hall–Kier alpha value is -1.29. The average molecular weight is 236 g/mol. The van der Waals surface area contributed by atoms with Crippen LogP contribution in [0, 0.1) is 5.92 Å². The second-order valence-corrected chi connectivity index (χ2v) is 5.12. The fourth-order valence-corrected chi connectivity index (χ4v) is 1.95. The van der Waals surface area contributed by atoms with E-state index in [9.17, 15) is 9.90 Å². The Morgan fingerprint density at radius 2 is 2.29 bits per heavy atom. The van der Waals surface area contributed by atoms with E-state index in [1.54, 1.807) is 0 Å². The van der Waals surface area contributed by atoms with Crippen LogP contribution >= 0.6 is 0 Å². The summed E-state index contributed by atoms with van der Waals surface area (Å²) in [4.78, 5) is 11.6. The number of rotatable bonds is 5. The third-order valence-corrected chi connectivity index (χ3v) is 2.96. The predicted octanol–water partition coefficient (Wildman–Crippen LogP) is 1.46. The fraction of sp³-hybridized carbons (Fsp3) is 0.615. The van der Waals surface area contributed by atoms with E-state index in [4.69, 9.17) is 0 Å². The van der Waals surface area contributed by atoms with E-state index < -0.39 is 0 Å². The van der Waals surface area contributed by atoms with Gasteiger partial charge in [-0.3, -0.25) is 4.79 Å². The molecule has 1 unspecified atom stereocenters. The van der Waals surface area contributed by atoms with Gasteiger partial charge in [0.1, 0.15) is 6.54 Å². The van der Waals surface area contributed by atoms with Crippen LogP contribution in [-0.4, -0.2) is 21.6 Å². The van der Waals surface area contributed by atoms with E-state index >= 15 is 0 Å². The molecule has 0 spiro atoms. The molecule has 1 aromatic heterocycles. The van der Waals surface area contributed by atoms with E-state index in [-0.39, 0.29) is 18.1 Å². The van der Waals surface area contributed by atoms with E-state index in [2.05, 4.69) is 5.32 Å². The average Bonchev–Trinajstić information content (AvgIpc) is 2.98. The van der Waals surface area contributed by atoms with Crippen molar-refractivity contribution in [2.75, 3.05) is 0 Å². The molecular formula is C13H20N2O2. The number of hydrogen-bond acceptors (Lipinski definition) is 2. The number of nitrogens with zero attached hydrogens (tertiary/aromatic N) is 1. The first-order valence-electron chi connectivity index (χ1n) is 6.19. The largest absolute Gasteiger partial charge is 0.388 e. The quantitative estimate of drug-likeness (QED) is 0.813. The van der Waals surface area contributed by atoms with Crippen LogP contribution in [0.25, 0.3) is 0 Å². The highest BCUT2D eigenvalue weighted by Gasteiger charge is 2.31. The van der Waals surface area contributed by atoms with Gasteiger partial charge in [-0.2, -0.15) is 0 Å². The molecule has 1 amide bonds. The number of carbonyl (C=O) groups excluding carboxylic acids is 1. The summed E-state index contributed by atoms with van der Waals surface area (Å²) in [5, 5.41) is 12.8. The normalized spacial score (nSPS) is 17.2. The second kappa shape index (κ2) is 4.92. The van der Waals surface area contributed by atoms with Crippen LogP contribution in [0.5, 0.6) is 0 Å². The zero-order chi connectivity index (χ0) is 12.4. The van der Waals surface area contributed by atoms with Crippen LogP contribution < -0.4 is 5.32 Å². The lowest BCUT2D eigenvalue weighted by atomic mass is 10.1. The molecule has 4 heteroatoms. The molecule has 0 aromatic carbocycles. The molecule has 0 bridgehead atoms. The molecule has 0 radical (unpaired) electrons. The summed E-state index contributed by atoms with van der Waals surface area (Å²) in [6, 6.07) is 2.06. The SMILES string of the molecule is CC(C)NC(=O)Cn1ccc(C(O)C2CC2)c1. The highest BCUT2D eigenvalue weighted by atomic mass is 16.3. The molecule has 1 atom stereocenters. The molecule has 0 saturated heterocycles. The minimum atomic E-state index is -0.357. The molecule has 2 rings (SSSR count). The van der Waals surface area contributed by atoms with Gasteiger partial charge in [0.2, 0.25) is 5.91 Å². The third-order valence-electron chi connectivity index (χ3n) is 2.96. The lowest BCUT2D eigenvalue weighted by molar-refractivity contribution is -0.122. The zero-order valence-corrected chi connectivity index (χ0v) is 10.4. The summed E-state index contributed by atoms with van der Waals surface area (Å²) in [7, 11) is 0. The van der Waals surface area contributed by atoms with Crippen molar-refractivity contribution in [1.29, 1.82) is 0 Å². The summed E-state index contributed by atoms with van der Waals surface area (Å²) < 4.78 is 1.82. The van der Waals surface area contributed by atoms with Gasteiger partial charge in [0.15, 0.2) is 0 Å². The molecule has 1 aliphatic carbocycles. The summed E-state index contributed by atoms with van der Waals surface area (Å²) >= 11 is 0. The van der Waals surface area contributed by atoms with Crippen molar-refractivity contribution in [1.82, 2.24) is 9.88 Å². The van der Waals surface area contributed by atoms with E-state index in [0.717, 1.165) is 18.4 Å². The van der Waals surface area contributed by atoms with Crippen molar-refractivity contribution in [3.8, 4) is 0 Å². The molecule has 4 nitrogen and oxygen atoms in total. The molecular weight excluding hydrogens is 216 g/mol. The standard InChI is InChI=1S/C13H20N2O2/c1-9(2)14-12(16)8-15-6-5-11(7-15)13(17)10-3-4-10/h5-7,9-10,13,17H,3-4,8H2,1-2H3,(H,14,16). The number of nitrogens with one attached hydrogen (secondary N) is 1. The number of hydrogen-bond donors (Lipinski definition) is 2. The van der Waals surface area contributed by atoms with Crippen molar-refractivity contribution >= 4 is 5.91 Å².